The van der Waals surface area contributed by atoms with Crippen LogP contribution in [0.5, 0.6) is 0 Å². The Labute approximate surface area is 217 Å². The maximum Gasteiger partial charge on any atom is 0.312 e. The summed E-state index contributed by atoms with van der Waals surface area (Å²) in [6.07, 6.45) is 2.68. The monoisotopic (exact) mass is 518 g/mol. The molecule has 3 aliphatic rings. The Morgan fingerprint density at radius 1 is 1.36 bits per heavy atom. The van der Waals surface area contributed by atoms with Gasteiger partial charge in [0.15, 0.2) is 0 Å². The van der Waals surface area contributed by atoms with Gasteiger partial charge in [-0.15, -0.1) is 6.58 Å². The van der Waals surface area contributed by atoms with E-state index in [1.807, 2.05) is 13.8 Å². The minimum Gasteiger partial charge on any atom is -0.466 e. The number of halogens is 1. The Kier molecular flexibility index (Phi) is 7.78. The number of aliphatic hydroxyl groups excluding tert-OH is 1. The number of hydrogen-bond donors (Lipinski definition) is 1. The molecule has 196 valence electrons. The van der Waals surface area contributed by atoms with Crippen molar-refractivity contribution in [2.24, 2.45) is 17.8 Å². The Bertz CT molecular complexity index is 1010. The van der Waals surface area contributed by atoms with E-state index in [0.29, 0.717) is 30.0 Å². The van der Waals surface area contributed by atoms with Gasteiger partial charge in [0.05, 0.1) is 37.2 Å². The van der Waals surface area contributed by atoms with E-state index < -0.39 is 41.6 Å². The summed E-state index contributed by atoms with van der Waals surface area (Å²) in [5, 5.41) is 10.9. The van der Waals surface area contributed by atoms with E-state index >= 15 is 0 Å². The smallest absolute Gasteiger partial charge is 0.312 e. The van der Waals surface area contributed by atoms with Crippen LogP contribution in [0.15, 0.2) is 36.9 Å². The number of esters is 1. The first-order chi connectivity index (χ1) is 17.2. The third kappa shape index (κ3) is 4.33. The fourth-order valence-electron chi connectivity index (χ4n) is 6.31. The molecule has 2 bridgehead atoms. The summed E-state index contributed by atoms with van der Waals surface area (Å²) >= 11 is 6.08. The van der Waals surface area contributed by atoms with E-state index in [-0.39, 0.29) is 37.5 Å². The number of hydrogen-bond acceptors (Lipinski definition) is 6. The molecule has 3 fully saturated rings. The number of fused-ring (bicyclic) bond motifs is 1. The van der Waals surface area contributed by atoms with E-state index in [4.69, 9.17) is 21.1 Å². The molecule has 1 N–H and O–H groups in total. The van der Waals surface area contributed by atoms with Crippen LogP contribution in [0.2, 0.25) is 5.02 Å². The topological polar surface area (TPSA) is 96.4 Å². The van der Waals surface area contributed by atoms with Gasteiger partial charge in [0.1, 0.15) is 11.6 Å². The Balaban J connectivity index is 1.81. The predicted molar refractivity (Wildman–Crippen MR) is 135 cm³/mol. The van der Waals surface area contributed by atoms with Gasteiger partial charge in [0.25, 0.3) is 5.91 Å². The molecule has 8 nitrogen and oxygen atoms in total. The number of likely N-dealkylation sites (tertiary alicyclic amines) is 1. The molecule has 1 aromatic carbocycles. The third-order valence-corrected chi connectivity index (χ3v) is 7.85. The lowest BCUT2D eigenvalue weighted by molar-refractivity contribution is -0.155. The van der Waals surface area contributed by atoms with Crippen molar-refractivity contribution in [1.29, 1.82) is 0 Å². The first kappa shape index (κ1) is 26.6. The van der Waals surface area contributed by atoms with Crippen molar-refractivity contribution >= 4 is 35.1 Å². The second kappa shape index (κ2) is 10.5. The zero-order valence-corrected chi connectivity index (χ0v) is 21.8. The molecule has 3 saturated heterocycles. The minimum absolute atomic E-state index is 0.169. The summed E-state index contributed by atoms with van der Waals surface area (Å²) in [4.78, 5) is 44.5. The summed E-state index contributed by atoms with van der Waals surface area (Å²) in [7, 11) is 0. The number of amides is 2. The molecule has 4 rings (SSSR count). The van der Waals surface area contributed by atoms with Crippen LogP contribution in [0, 0.1) is 17.8 Å². The largest absolute Gasteiger partial charge is 0.466 e. The van der Waals surface area contributed by atoms with Crippen molar-refractivity contribution in [1.82, 2.24) is 4.90 Å². The molecule has 6 atom stereocenters. The Morgan fingerprint density at radius 2 is 2.06 bits per heavy atom. The zero-order chi connectivity index (χ0) is 26.2. The normalized spacial score (nSPS) is 29.4. The van der Waals surface area contributed by atoms with E-state index in [9.17, 15) is 19.5 Å². The van der Waals surface area contributed by atoms with Gasteiger partial charge in [0.2, 0.25) is 5.91 Å². The van der Waals surface area contributed by atoms with E-state index in [2.05, 4.69) is 6.58 Å². The number of nitrogens with zero attached hydrogens (tertiary/aromatic N) is 2. The van der Waals surface area contributed by atoms with Crippen LogP contribution in [-0.4, -0.2) is 71.3 Å². The van der Waals surface area contributed by atoms with Crippen LogP contribution in [0.25, 0.3) is 0 Å². The quantitative estimate of drug-likeness (QED) is 0.377. The second-order valence-corrected chi connectivity index (χ2v) is 10.7. The fraction of sp³-hybridized carbons (Fsp3) is 0.593. The van der Waals surface area contributed by atoms with Crippen molar-refractivity contribution in [3.8, 4) is 0 Å². The highest BCUT2D eigenvalue weighted by molar-refractivity contribution is 6.30. The van der Waals surface area contributed by atoms with Crippen molar-refractivity contribution < 1.29 is 29.0 Å². The highest BCUT2D eigenvalue weighted by Crippen LogP contribution is 2.59. The molecule has 1 aromatic rings. The lowest BCUT2D eigenvalue weighted by atomic mass is 9.70. The predicted octanol–water partition coefficient (Wildman–Crippen LogP) is 3.20. The standard InChI is InChI=1S/C27H35ClN2O6/c1-5-13-29(18-9-7-17(28)8-10-18)25(33)23-27-12-11-20(36-27)21(26(34)35-6-2)22(27)24(32)30(23)19(15-31)14-16(3)4/h5,7-10,16,19-23,31H,1,6,11-15H2,2-4H3/t19-,20-,21+,22+,23-,27+/m1/s1. The van der Waals surface area contributed by atoms with Crippen LogP contribution in [0.1, 0.15) is 40.0 Å². The van der Waals surface area contributed by atoms with Crippen LogP contribution >= 0.6 is 11.6 Å². The molecule has 0 radical (unpaired) electrons. The van der Waals surface area contributed by atoms with Gasteiger partial charge >= 0.3 is 5.97 Å². The van der Waals surface area contributed by atoms with Gasteiger partial charge in [0, 0.05) is 17.3 Å². The van der Waals surface area contributed by atoms with E-state index in [1.54, 1.807) is 42.2 Å². The number of carbonyl (C=O) groups excluding carboxylic acids is 3. The third-order valence-electron chi connectivity index (χ3n) is 7.59. The van der Waals surface area contributed by atoms with Crippen molar-refractivity contribution in [3.63, 3.8) is 0 Å². The molecule has 1 spiro atoms. The number of aliphatic hydroxyl groups is 1. The molecular formula is C27H35ClN2O6. The van der Waals surface area contributed by atoms with E-state index in [1.165, 1.54) is 4.90 Å². The van der Waals surface area contributed by atoms with Crippen molar-refractivity contribution in [3.05, 3.63) is 41.9 Å². The number of anilines is 1. The summed E-state index contributed by atoms with van der Waals surface area (Å²) in [5.74, 6) is -2.57. The SMILES string of the molecule is C=CCN(C(=O)[C@H]1N([C@@H](CO)CC(C)C)C(=O)[C@@H]2[C@@H](C(=O)OCC)[C@H]3CC[C@]21O3)c1ccc(Cl)cc1. The van der Waals surface area contributed by atoms with Gasteiger partial charge in [-0.25, -0.2) is 0 Å². The summed E-state index contributed by atoms with van der Waals surface area (Å²) in [5.41, 5.74) is -0.553. The van der Waals surface area contributed by atoms with Gasteiger partial charge in [-0.3, -0.25) is 14.4 Å². The minimum atomic E-state index is -1.16. The summed E-state index contributed by atoms with van der Waals surface area (Å²) < 4.78 is 11.8. The molecule has 9 heteroatoms. The first-order valence-electron chi connectivity index (χ1n) is 12.6. The molecule has 0 aliphatic carbocycles. The Hall–Kier alpha value is -2.42. The molecule has 36 heavy (non-hydrogen) atoms. The van der Waals surface area contributed by atoms with Gasteiger partial charge in [-0.05, 0) is 56.4 Å². The lowest BCUT2D eigenvalue weighted by Gasteiger charge is -2.39. The molecule has 3 heterocycles. The first-order valence-corrected chi connectivity index (χ1v) is 13.0. The number of benzene rings is 1. The molecule has 2 amide bonds. The van der Waals surface area contributed by atoms with Gasteiger partial charge < -0.3 is 24.4 Å². The maximum atomic E-state index is 14.4. The number of rotatable bonds is 10. The molecule has 0 unspecified atom stereocenters. The summed E-state index contributed by atoms with van der Waals surface area (Å²) in [6, 6.07) is 5.29. The van der Waals surface area contributed by atoms with Crippen molar-refractivity contribution in [2.45, 2.75) is 63.8 Å². The Morgan fingerprint density at radius 3 is 2.64 bits per heavy atom. The zero-order valence-electron chi connectivity index (χ0n) is 21.1. The highest BCUT2D eigenvalue weighted by Gasteiger charge is 2.75. The van der Waals surface area contributed by atoms with Crippen LogP contribution < -0.4 is 4.90 Å². The molecular weight excluding hydrogens is 484 g/mol. The van der Waals surface area contributed by atoms with Crippen LogP contribution in [-0.2, 0) is 23.9 Å². The summed E-state index contributed by atoms with van der Waals surface area (Å²) in [6.45, 7) is 9.64. The lowest BCUT2D eigenvalue weighted by Crippen LogP contribution is -2.59. The molecule has 0 saturated carbocycles. The van der Waals surface area contributed by atoms with Crippen LogP contribution in [0.3, 0.4) is 0 Å². The molecule has 3 aliphatic heterocycles. The van der Waals surface area contributed by atoms with Gasteiger partial charge in [-0.1, -0.05) is 31.5 Å². The van der Waals surface area contributed by atoms with Crippen molar-refractivity contribution in [2.75, 3.05) is 24.7 Å². The maximum absolute atomic E-state index is 14.4. The number of carbonyl (C=O) groups is 3. The highest BCUT2D eigenvalue weighted by atomic mass is 35.5. The average molecular weight is 519 g/mol. The van der Waals surface area contributed by atoms with E-state index in [0.717, 1.165) is 0 Å². The van der Waals surface area contributed by atoms with Crippen LogP contribution in [0.4, 0.5) is 5.69 Å². The fourth-order valence-corrected chi connectivity index (χ4v) is 6.44. The van der Waals surface area contributed by atoms with Gasteiger partial charge in [-0.2, -0.15) is 0 Å². The molecule has 0 aromatic heterocycles. The average Bonchev–Trinajstić information content (AvgIpc) is 3.49. The number of ether oxygens (including phenoxy) is 2. The second-order valence-electron chi connectivity index (χ2n) is 10.2.